The van der Waals surface area contributed by atoms with Crippen LogP contribution in [0.5, 0.6) is 0 Å². The van der Waals surface area contributed by atoms with Crippen LogP contribution in [0.3, 0.4) is 0 Å². The first-order chi connectivity index (χ1) is 10.3. The second-order valence-corrected chi connectivity index (χ2v) is 4.65. The number of aryl methyl sites for hydroxylation is 1. The van der Waals surface area contributed by atoms with Gasteiger partial charge < -0.3 is 15.6 Å². The zero-order valence-corrected chi connectivity index (χ0v) is 12.0. The lowest BCUT2D eigenvalue weighted by Gasteiger charge is -2.09. The first kappa shape index (κ1) is 13.3. The van der Waals surface area contributed by atoms with E-state index in [2.05, 4.69) is 35.6 Å². The minimum atomic E-state index is 0.567. The second-order valence-electron chi connectivity index (χ2n) is 4.65. The van der Waals surface area contributed by atoms with Crippen LogP contribution < -0.4 is 10.6 Å². The minimum absolute atomic E-state index is 0.567. The van der Waals surface area contributed by atoms with Crippen molar-refractivity contribution in [3.8, 4) is 0 Å². The Balaban J connectivity index is 1.89. The number of anilines is 2. The fraction of sp³-hybridized carbons (Fsp3) is 0.286. The van der Waals surface area contributed by atoms with Crippen LogP contribution >= 0.6 is 0 Å². The van der Waals surface area contributed by atoms with E-state index in [1.807, 2.05) is 26.0 Å². The van der Waals surface area contributed by atoms with Gasteiger partial charge in [0.05, 0.1) is 18.6 Å². The SMILES string of the molecule is CCNc1nc(NCc2ncccc2C)c2[nH]cnc2n1. The number of aromatic amines is 1. The fourth-order valence-corrected chi connectivity index (χ4v) is 2.07. The Labute approximate surface area is 122 Å². The number of hydrogen-bond donors (Lipinski definition) is 3. The molecule has 0 fully saturated rings. The molecule has 3 N–H and O–H groups in total. The van der Waals surface area contributed by atoms with Gasteiger partial charge in [-0.15, -0.1) is 0 Å². The van der Waals surface area contributed by atoms with Crippen LogP contribution in [0.1, 0.15) is 18.2 Å². The lowest BCUT2D eigenvalue weighted by molar-refractivity contribution is 1.00. The van der Waals surface area contributed by atoms with Gasteiger partial charge in [-0.25, -0.2) is 4.98 Å². The van der Waals surface area contributed by atoms with Crippen molar-refractivity contribution in [1.29, 1.82) is 0 Å². The molecular weight excluding hydrogens is 266 g/mol. The summed E-state index contributed by atoms with van der Waals surface area (Å²) in [5.41, 5.74) is 3.58. The molecule has 3 rings (SSSR count). The summed E-state index contributed by atoms with van der Waals surface area (Å²) in [6, 6.07) is 3.97. The molecule has 0 unspecified atom stereocenters. The molecule has 0 aliphatic heterocycles. The van der Waals surface area contributed by atoms with Crippen molar-refractivity contribution < 1.29 is 0 Å². The molecule has 0 radical (unpaired) electrons. The fourth-order valence-electron chi connectivity index (χ4n) is 2.07. The summed E-state index contributed by atoms with van der Waals surface area (Å²) in [6.07, 6.45) is 3.41. The predicted molar refractivity (Wildman–Crippen MR) is 82.1 cm³/mol. The average Bonchev–Trinajstić information content (AvgIpc) is 2.95. The standard InChI is InChI=1S/C14H17N7/c1-3-15-14-20-12(11-13(21-14)19-8-18-11)17-7-10-9(2)5-4-6-16-10/h4-6,8H,3,7H2,1-2H3,(H3,15,17,18,19,20,21). The third-order valence-corrected chi connectivity index (χ3v) is 3.16. The Morgan fingerprint density at radius 2 is 2.10 bits per heavy atom. The molecule has 21 heavy (non-hydrogen) atoms. The highest BCUT2D eigenvalue weighted by molar-refractivity contribution is 5.83. The van der Waals surface area contributed by atoms with Crippen molar-refractivity contribution >= 4 is 22.9 Å². The number of nitrogens with zero attached hydrogens (tertiary/aromatic N) is 4. The largest absolute Gasteiger partial charge is 0.362 e. The third kappa shape index (κ3) is 2.76. The van der Waals surface area contributed by atoms with Crippen LogP contribution in [-0.2, 0) is 6.54 Å². The molecule has 0 saturated carbocycles. The van der Waals surface area contributed by atoms with E-state index in [1.54, 1.807) is 12.5 Å². The summed E-state index contributed by atoms with van der Waals surface area (Å²) in [5.74, 6) is 1.29. The van der Waals surface area contributed by atoms with E-state index in [-0.39, 0.29) is 0 Å². The van der Waals surface area contributed by atoms with Crippen LogP contribution in [0.4, 0.5) is 11.8 Å². The highest BCUT2D eigenvalue weighted by Gasteiger charge is 2.10. The van der Waals surface area contributed by atoms with Gasteiger partial charge in [0.25, 0.3) is 0 Å². The third-order valence-electron chi connectivity index (χ3n) is 3.16. The van der Waals surface area contributed by atoms with Crippen molar-refractivity contribution in [2.45, 2.75) is 20.4 Å². The maximum Gasteiger partial charge on any atom is 0.226 e. The Morgan fingerprint density at radius 3 is 2.90 bits per heavy atom. The first-order valence-electron chi connectivity index (χ1n) is 6.87. The molecule has 108 valence electrons. The molecule has 3 aromatic rings. The summed E-state index contributed by atoms with van der Waals surface area (Å²) < 4.78 is 0. The highest BCUT2D eigenvalue weighted by atomic mass is 15.2. The molecule has 0 spiro atoms. The van der Waals surface area contributed by atoms with Crippen molar-refractivity contribution in [3.63, 3.8) is 0 Å². The minimum Gasteiger partial charge on any atom is -0.362 e. The average molecular weight is 283 g/mol. The Bertz CT molecular complexity index is 750. The smallest absolute Gasteiger partial charge is 0.226 e. The molecule has 0 atom stereocenters. The lowest BCUT2D eigenvalue weighted by atomic mass is 10.2. The van der Waals surface area contributed by atoms with E-state index in [0.29, 0.717) is 18.1 Å². The van der Waals surface area contributed by atoms with Gasteiger partial charge in [0.2, 0.25) is 5.95 Å². The lowest BCUT2D eigenvalue weighted by Crippen LogP contribution is -2.09. The van der Waals surface area contributed by atoms with Gasteiger partial charge in [0.1, 0.15) is 5.52 Å². The van der Waals surface area contributed by atoms with Gasteiger partial charge in [-0.3, -0.25) is 4.98 Å². The van der Waals surface area contributed by atoms with Gasteiger partial charge in [0.15, 0.2) is 11.5 Å². The number of nitrogens with one attached hydrogen (secondary N) is 3. The molecule has 0 aliphatic carbocycles. The van der Waals surface area contributed by atoms with Crippen LogP contribution in [0.15, 0.2) is 24.7 Å². The molecular formula is C14H17N7. The van der Waals surface area contributed by atoms with Gasteiger partial charge in [-0.2, -0.15) is 9.97 Å². The van der Waals surface area contributed by atoms with Gasteiger partial charge >= 0.3 is 0 Å². The second kappa shape index (κ2) is 5.74. The molecule has 0 aliphatic rings. The van der Waals surface area contributed by atoms with Crippen molar-refractivity contribution in [2.75, 3.05) is 17.2 Å². The van der Waals surface area contributed by atoms with E-state index < -0.39 is 0 Å². The number of hydrogen-bond acceptors (Lipinski definition) is 6. The molecule has 7 heteroatoms. The van der Waals surface area contributed by atoms with Crippen molar-refractivity contribution in [1.82, 2.24) is 24.9 Å². The van der Waals surface area contributed by atoms with E-state index in [1.165, 1.54) is 0 Å². The van der Waals surface area contributed by atoms with E-state index in [4.69, 9.17) is 0 Å². The summed E-state index contributed by atoms with van der Waals surface area (Å²) in [4.78, 5) is 20.4. The number of rotatable bonds is 5. The summed E-state index contributed by atoms with van der Waals surface area (Å²) >= 11 is 0. The normalized spacial score (nSPS) is 10.8. The summed E-state index contributed by atoms with van der Waals surface area (Å²) in [6.45, 7) is 5.40. The van der Waals surface area contributed by atoms with Crippen LogP contribution in [0, 0.1) is 6.92 Å². The summed E-state index contributed by atoms with van der Waals surface area (Å²) in [7, 11) is 0. The molecule has 3 aromatic heterocycles. The monoisotopic (exact) mass is 283 g/mol. The maximum atomic E-state index is 4.48. The molecule has 7 nitrogen and oxygen atoms in total. The Hall–Kier alpha value is -2.70. The number of pyridine rings is 1. The van der Waals surface area contributed by atoms with Crippen LogP contribution in [-0.4, -0.2) is 31.5 Å². The molecule has 3 heterocycles. The number of imidazole rings is 1. The summed E-state index contributed by atoms with van der Waals surface area (Å²) in [5, 5.41) is 6.41. The zero-order chi connectivity index (χ0) is 14.7. The Morgan fingerprint density at radius 1 is 1.19 bits per heavy atom. The maximum absolute atomic E-state index is 4.48. The number of H-pyrrole nitrogens is 1. The van der Waals surface area contributed by atoms with E-state index >= 15 is 0 Å². The topological polar surface area (TPSA) is 91.4 Å². The number of aromatic nitrogens is 5. The molecule has 0 bridgehead atoms. The highest BCUT2D eigenvalue weighted by Crippen LogP contribution is 2.19. The van der Waals surface area contributed by atoms with Crippen molar-refractivity contribution in [3.05, 3.63) is 35.9 Å². The molecule has 0 amide bonds. The molecule has 0 aromatic carbocycles. The van der Waals surface area contributed by atoms with Gasteiger partial charge in [-0.1, -0.05) is 6.07 Å². The van der Waals surface area contributed by atoms with Gasteiger partial charge in [0, 0.05) is 12.7 Å². The zero-order valence-electron chi connectivity index (χ0n) is 12.0. The first-order valence-corrected chi connectivity index (χ1v) is 6.87. The van der Waals surface area contributed by atoms with E-state index in [0.717, 1.165) is 29.1 Å². The quantitative estimate of drug-likeness (QED) is 0.664. The van der Waals surface area contributed by atoms with Crippen molar-refractivity contribution in [2.24, 2.45) is 0 Å². The van der Waals surface area contributed by atoms with Crippen LogP contribution in [0.2, 0.25) is 0 Å². The molecule has 0 saturated heterocycles. The van der Waals surface area contributed by atoms with E-state index in [9.17, 15) is 0 Å². The predicted octanol–water partition coefficient (Wildman–Crippen LogP) is 2.10. The van der Waals surface area contributed by atoms with Gasteiger partial charge in [-0.05, 0) is 25.5 Å². The number of fused-ring (bicyclic) bond motifs is 1. The van der Waals surface area contributed by atoms with Crippen LogP contribution in [0.25, 0.3) is 11.2 Å². The Kier molecular flexibility index (Phi) is 3.63.